The van der Waals surface area contributed by atoms with Gasteiger partial charge >= 0.3 is 0 Å². The fourth-order valence-electron chi connectivity index (χ4n) is 3.12. The van der Waals surface area contributed by atoms with E-state index in [2.05, 4.69) is 21.2 Å². The number of benzene rings is 2. The van der Waals surface area contributed by atoms with Gasteiger partial charge < -0.3 is 10.2 Å². The van der Waals surface area contributed by atoms with Gasteiger partial charge in [0, 0.05) is 36.7 Å². The quantitative estimate of drug-likeness (QED) is 0.658. The molecule has 1 heterocycles. The highest BCUT2D eigenvalue weighted by Crippen LogP contribution is 2.21. The molecule has 1 N–H and O–H groups in total. The summed E-state index contributed by atoms with van der Waals surface area (Å²) in [5.41, 5.74) is 2.74. The van der Waals surface area contributed by atoms with Gasteiger partial charge in [-0.05, 0) is 42.3 Å². The number of rotatable bonds is 5. The molecule has 152 valence electrons. The lowest BCUT2D eigenvalue weighted by Gasteiger charge is -2.33. The van der Waals surface area contributed by atoms with Crippen LogP contribution in [0.4, 0.5) is 5.69 Å². The molecular formula is C22H23BrClN3O2. The van der Waals surface area contributed by atoms with Gasteiger partial charge in [-0.25, -0.2) is 0 Å². The molecule has 0 radical (unpaired) electrons. The van der Waals surface area contributed by atoms with Crippen molar-refractivity contribution in [2.45, 2.75) is 6.92 Å². The molecule has 0 atom stereocenters. The molecule has 2 aromatic rings. The Balaban J connectivity index is 1.47. The third-order valence-electron chi connectivity index (χ3n) is 4.76. The average molecular weight is 477 g/mol. The number of anilines is 1. The van der Waals surface area contributed by atoms with Gasteiger partial charge in [-0.15, -0.1) is 0 Å². The molecule has 1 aliphatic rings. The summed E-state index contributed by atoms with van der Waals surface area (Å²) in [4.78, 5) is 28.6. The zero-order valence-electron chi connectivity index (χ0n) is 16.2. The number of piperazine rings is 1. The van der Waals surface area contributed by atoms with Gasteiger partial charge in [0.25, 0.3) is 0 Å². The van der Waals surface area contributed by atoms with Crippen LogP contribution in [0.3, 0.4) is 0 Å². The van der Waals surface area contributed by atoms with Crippen LogP contribution in [0.2, 0.25) is 5.02 Å². The minimum Gasteiger partial charge on any atom is -0.337 e. The fraction of sp³-hybridized carbons (Fsp3) is 0.273. The van der Waals surface area contributed by atoms with Crippen LogP contribution in [0, 0.1) is 6.92 Å². The third kappa shape index (κ3) is 6.16. The lowest BCUT2D eigenvalue weighted by molar-refractivity contribution is -0.127. The van der Waals surface area contributed by atoms with Crippen molar-refractivity contribution < 1.29 is 9.59 Å². The van der Waals surface area contributed by atoms with Crippen molar-refractivity contribution in [2.75, 3.05) is 38.0 Å². The second-order valence-electron chi connectivity index (χ2n) is 6.99. The van der Waals surface area contributed by atoms with Crippen molar-refractivity contribution in [3.63, 3.8) is 0 Å². The topological polar surface area (TPSA) is 52.7 Å². The molecule has 2 aromatic carbocycles. The van der Waals surface area contributed by atoms with Crippen LogP contribution < -0.4 is 5.32 Å². The Labute approximate surface area is 184 Å². The molecule has 0 bridgehead atoms. The summed E-state index contributed by atoms with van der Waals surface area (Å²) in [5.74, 6) is -0.125. The van der Waals surface area contributed by atoms with Gasteiger partial charge in [-0.2, -0.15) is 0 Å². The van der Waals surface area contributed by atoms with E-state index in [0.717, 1.165) is 15.6 Å². The maximum Gasteiger partial charge on any atom is 0.246 e. The summed E-state index contributed by atoms with van der Waals surface area (Å²) in [6, 6.07) is 13.2. The predicted octanol–water partition coefficient (Wildman–Crippen LogP) is 4.21. The van der Waals surface area contributed by atoms with Crippen LogP contribution in [-0.2, 0) is 9.59 Å². The Morgan fingerprint density at radius 1 is 1.14 bits per heavy atom. The molecule has 3 rings (SSSR count). The molecule has 0 saturated carbocycles. The summed E-state index contributed by atoms with van der Waals surface area (Å²) in [5, 5.41) is 3.35. The molecule has 1 aliphatic heterocycles. The minimum atomic E-state index is -0.109. The summed E-state index contributed by atoms with van der Waals surface area (Å²) in [6.45, 7) is 4.81. The zero-order valence-corrected chi connectivity index (χ0v) is 18.5. The number of amides is 2. The summed E-state index contributed by atoms with van der Waals surface area (Å²) in [6.07, 6.45) is 3.43. The largest absolute Gasteiger partial charge is 0.337 e. The van der Waals surface area contributed by atoms with Crippen molar-refractivity contribution >= 4 is 51.1 Å². The molecule has 0 aliphatic carbocycles. The second kappa shape index (κ2) is 10.1. The van der Waals surface area contributed by atoms with Gasteiger partial charge in [-0.1, -0.05) is 51.8 Å². The van der Waals surface area contributed by atoms with Gasteiger partial charge in [-0.3, -0.25) is 14.5 Å². The van der Waals surface area contributed by atoms with Crippen LogP contribution in [0.5, 0.6) is 0 Å². The van der Waals surface area contributed by atoms with Crippen molar-refractivity contribution in [2.24, 2.45) is 0 Å². The van der Waals surface area contributed by atoms with E-state index in [0.29, 0.717) is 36.9 Å². The number of hydrogen-bond donors (Lipinski definition) is 1. The van der Waals surface area contributed by atoms with Gasteiger partial charge in [0.05, 0.1) is 17.3 Å². The molecule has 7 heteroatoms. The Bertz CT molecular complexity index is 924. The van der Waals surface area contributed by atoms with E-state index in [-0.39, 0.29) is 18.4 Å². The van der Waals surface area contributed by atoms with E-state index in [1.165, 1.54) is 0 Å². The Kier molecular flexibility index (Phi) is 7.47. The van der Waals surface area contributed by atoms with E-state index in [1.54, 1.807) is 23.1 Å². The van der Waals surface area contributed by atoms with E-state index < -0.39 is 0 Å². The maximum atomic E-state index is 12.5. The van der Waals surface area contributed by atoms with Gasteiger partial charge in [0.15, 0.2) is 0 Å². The highest BCUT2D eigenvalue weighted by atomic mass is 79.9. The molecule has 1 saturated heterocycles. The summed E-state index contributed by atoms with van der Waals surface area (Å²) >= 11 is 9.60. The normalized spacial score (nSPS) is 14.9. The first-order chi connectivity index (χ1) is 13.9. The van der Waals surface area contributed by atoms with Crippen molar-refractivity contribution in [3.8, 4) is 0 Å². The number of nitrogens with zero attached hydrogens (tertiary/aromatic N) is 2. The highest BCUT2D eigenvalue weighted by Gasteiger charge is 2.21. The van der Waals surface area contributed by atoms with E-state index in [4.69, 9.17) is 11.6 Å². The number of hydrogen-bond acceptors (Lipinski definition) is 3. The molecular weight excluding hydrogens is 454 g/mol. The van der Waals surface area contributed by atoms with Crippen LogP contribution >= 0.6 is 27.5 Å². The van der Waals surface area contributed by atoms with Crippen LogP contribution in [0.25, 0.3) is 6.08 Å². The first-order valence-electron chi connectivity index (χ1n) is 9.42. The molecule has 2 amide bonds. The molecule has 0 unspecified atom stereocenters. The Hall–Kier alpha value is -2.15. The van der Waals surface area contributed by atoms with Crippen molar-refractivity contribution in [3.05, 3.63) is 69.2 Å². The Morgan fingerprint density at radius 2 is 1.86 bits per heavy atom. The second-order valence-corrected chi connectivity index (χ2v) is 8.25. The number of para-hydroxylation sites is 1. The Morgan fingerprint density at radius 3 is 2.55 bits per heavy atom. The van der Waals surface area contributed by atoms with Crippen LogP contribution in [-0.4, -0.2) is 54.3 Å². The zero-order chi connectivity index (χ0) is 20.8. The number of halogens is 2. The smallest absolute Gasteiger partial charge is 0.246 e. The molecule has 29 heavy (non-hydrogen) atoms. The van der Waals surface area contributed by atoms with Crippen LogP contribution in [0.15, 0.2) is 53.0 Å². The lowest BCUT2D eigenvalue weighted by Crippen LogP contribution is -2.50. The van der Waals surface area contributed by atoms with Gasteiger partial charge in [0.1, 0.15) is 0 Å². The monoisotopic (exact) mass is 475 g/mol. The minimum absolute atomic E-state index is 0.0161. The highest BCUT2D eigenvalue weighted by molar-refractivity contribution is 9.10. The first kappa shape index (κ1) is 21.6. The number of carbonyl (C=O) groups excluding carboxylic acids is 2. The van der Waals surface area contributed by atoms with Crippen molar-refractivity contribution in [1.29, 1.82) is 0 Å². The van der Waals surface area contributed by atoms with Crippen LogP contribution in [0.1, 0.15) is 11.1 Å². The average Bonchev–Trinajstić information content (AvgIpc) is 2.69. The number of nitrogens with one attached hydrogen (secondary N) is 1. The number of carbonyl (C=O) groups is 2. The maximum absolute atomic E-state index is 12.5. The van der Waals surface area contributed by atoms with E-state index in [9.17, 15) is 9.59 Å². The van der Waals surface area contributed by atoms with Crippen molar-refractivity contribution in [1.82, 2.24) is 9.80 Å². The van der Waals surface area contributed by atoms with E-state index >= 15 is 0 Å². The number of aryl methyl sites for hydroxylation is 1. The van der Waals surface area contributed by atoms with E-state index in [1.807, 2.05) is 48.2 Å². The first-order valence-corrected chi connectivity index (χ1v) is 10.6. The summed E-state index contributed by atoms with van der Waals surface area (Å²) in [7, 11) is 0. The SMILES string of the molecule is Cc1ccc(/C=C/C(=O)N2CCN(CC(=O)Nc3ccccc3Cl)CC2)c(Br)c1. The predicted molar refractivity (Wildman–Crippen MR) is 121 cm³/mol. The molecule has 0 spiro atoms. The lowest BCUT2D eigenvalue weighted by atomic mass is 10.1. The standard InChI is InChI=1S/C22H23BrClN3O2/c1-16-6-7-17(18(23)14-16)8-9-22(29)27-12-10-26(11-13-27)15-21(28)25-20-5-3-2-4-19(20)24/h2-9,14H,10-13,15H2,1H3,(H,25,28)/b9-8+. The summed E-state index contributed by atoms with van der Waals surface area (Å²) < 4.78 is 0.968. The molecule has 5 nitrogen and oxygen atoms in total. The third-order valence-corrected chi connectivity index (χ3v) is 5.78. The van der Waals surface area contributed by atoms with Gasteiger partial charge in [0.2, 0.25) is 11.8 Å². The molecule has 1 fully saturated rings. The fourth-order valence-corrected chi connectivity index (χ4v) is 3.92. The molecule has 0 aromatic heterocycles.